The van der Waals surface area contributed by atoms with Crippen molar-refractivity contribution in [3.8, 4) is 11.5 Å². The van der Waals surface area contributed by atoms with E-state index < -0.39 is 0 Å². The molecule has 0 atom stereocenters. The van der Waals surface area contributed by atoms with Gasteiger partial charge in [-0.3, -0.25) is 9.59 Å². The van der Waals surface area contributed by atoms with E-state index in [1.807, 2.05) is 26.0 Å². The molecule has 1 heterocycles. The van der Waals surface area contributed by atoms with Crippen LogP contribution in [0.2, 0.25) is 0 Å². The molecule has 3 N–H and O–H groups in total. The number of amides is 2. The molecule has 0 saturated carbocycles. The third-order valence-corrected chi connectivity index (χ3v) is 6.00. The fraction of sp³-hybridized carbons (Fsp3) is 0.333. The van der Waals surface area contributed by atoms with Gasteiger partial charge in [-0.2, -0.15) is 5.10 Å². The van der Waals surface area contributed by atoms with E-state index in [0.29, 0.717) is 28.6 Å². The Hall–Kier alpha value is -3.59. The lowest BCUT2D eigenvalue weighted by atomic mass is 10.1. The molecule has 2 amide bonds. The van der Waals surface area contributed by atoms with E-state index in [1.54, 1.807) is 12.1 Å². The minimum absolute atomic E-state index is 0.0440. The summed E-state index contributed by atoms with van der Waals surface area (Å²) in [7, 11) is 1.50. The minimum atomic E-state index is -0.233. The van der Waals surface area contributed by atoms with Crippen LogP contribution in [-0.2, 0) is 22.4 Å². The zero-order valence-electron chi connectivity index (χ0n) is 21.1. The summed E-state index contributed by atoms with van der Waals surface area (Å²) in [5, 5.41) is 24.0. The van der Waals surface area contributed by atoms with Gasteiger partial charge in [-0.05, 0) is 74.3 Å². The zero-order chi connectivity index (χ0) is 26.5. The summed E-state index contributed by atoms with van der Waals surface area (Å²) in [6.45, 7) is 11.8. The van der Waals surface area contributed by atoms with Crippen molar-refractivity contribution in [2.24, 2.45) is 0 Å². The molecule has 1 aromatic carbocycles. The SMILES string of the molecule is C=C(CCCCc1ccc(NC(=O)C/C(C)=C/C)nn1)SC(=C)NC(=O)Cc1cc(O)cc(OC)c1. The largest absolute Gasteiger partial charge is 0.508 e. The number of aromatic nitrogens is 2. The predicted molar refractivity (Wildman–Crippen MR) is 145 cm³/mol. The molecule has 8 nitrogen and oxygen atoms in total. The number of nitrogens with one attached hydrogen (secondary N) is 2. The summed E-state index contributed by atoms with van der Waals surface area (Å²) in [6.07, 6.45) is 5.68. The number of aryl methyl sites for hydroxylation is 1. The number of aromatic hydroxyl groups is 1. The Morgan fingerprint density at radius 2 is 1.92 bits per heavy atom. The highest BCUT2D eigenvalue weighted by Gasteiger charge is 2.10. The highest BCUT2D eigenvalue weighted by Crippen LogP contribution is 2.26. The van der Waals surface area contributed by atoms with Crippen molar-refractivity contribution < 1.29 is 19.4 Å². The average Bonchev–Trinajstić information content (AvgIpc) is 2.81. The van der Waals surface area contributed by atoms with Crippen molar-refractivity contribution >= 4 is 29.4 Å². The van der Waals surface area contributed by atoms with Crippen molar-refractivity contribution in [2.45, 2.75) is 52.4 Å². The number of hydrogen-bond acceptors (Lipinski definition) is 7. The van der Waals surface area contributed by atoms with Crippen LogP contribution in [0.4, 0.5) is 5.82 Å². The quantitative estimate of drug-likeness (QED) is 0.234. The van der Waals surface area contributed by atoms with E-state index in [2.05, 4.69) is 34.0 Å². The molecular formula is C27H34N4O4S. The van der Waals surface area contributed by atoms with Crippen molar-refractivity contribution in [1.29, 1.82) is 0 Å². The molecule has 2 aromatic rings. The molecule has 36 heavy (non-hydrogen) atoms. The second kappa shape index (κ2) is 14.7. The fourth-order valence-corrected chi connectivity index (χ4v) is 3.99. The number of nitrogens with zero attached hydrogens (tertiary/aromatic N) is 2. The van der Waals surface area contributed by atoms with Crippen molar-refractivity contribution in [2.75, 3.05) is 12.4 Å². The first-order valence-corrected chi connectivity index (χ1v) is 12.5. The van der Waals surface area contributed by atoms with Crippen LogP contribution in [0.25, 0.3) is 0 Å². The Labute approximate surface area is 216 Å². The Bertz CT molecular complexity index is 1110. The maximum Gasteiger partial charge on any atom is 0.229 e. The number of unbranched alkanes of at least 4 members (excludes halogenated alkanes) is 1. The summed E-state index contributed by atoms with van der Waals surface area (Å²) in [4.78, 5) is 25.1. The Balaban J connectivity index is 1.66. The summed E-state index contributed by atoms with van der Waals surface area (Å²) in [5.41, 5.74) is 2.50. The van der Waals surface area contributed by atoms with Gasteiger partial charge in [0.25, 0.3) is 0 Å². The molecule has 0 aliphatic rings. The maximum absolute atomic E-state index is 12.3. The standard InChI is InChI=1S/C27H34N4O4S/c1-6-18(2)13-26(33)29-25-12-11-22(30-31-25)10-8-7-9-19(3)36-20(4)28-27(34)16-21-14-23(32)17-24(15-21)35-5/h6,11-12,14-15,17,32H,3-4,7-10,13,16H2,1-2,5H3,(H,28,34)(H,29,31,33)/b18-6+. The molecular weight excluding hydrogens is 476 g/mol. The number of anilines is 1. The van der Waals surface area contributed by atoms with E-state index in [4.69, 9.17) is 4.74 Å². The second-order valence-corrected chi connectivity index (χ2v) is 9.58. The number of hydrogen-bond donors (Lipinski definition) is 3. The lowest BCUT2D eigenvalue weighted by molar-refractivity contribution is -0.119. The molecule has 0 radical (unpaired) electrons. The molecule has 0 unspecified atom stereocenters. The molecule has 0 spiro atoms. The van der Waals surface area contributed by atoms with Gasteiger partial charge in [-0.15, -0.1) is 5.10 Å². The van der Waals surface area contributed by atoms with E-state index >= 15 is 0 Å². The number of rotatable bonds is 14. The van der Waals surface area contributed by atoms with Gasteiger partial charge in [-0.25, -0.2) is 0 Å². The molecule has 2 rings (SSSR count). The number of thioether (sulfide) groups is 1. The van der Waals surface area contributed by atoms with Crippen LogP contribution in [0.15, 0.2) is 65.1 Å². The smallest absolute Gasteiger partial charge is 0.229 e. The van der Waals surface area contributed by atoms with Crippen LogP contribution >= 0.6 is 11.8 Å². The third kappa shape index (κ3) is 10.8. The van der Waals surface area contributed by atoms with Crippen LogP contribution in [0, 0.1) is 0 Å². The van der Waals surface area contributed by atoms with Crippen molar-refractivity contribution in [3.05, 3.63) is 76.3 Å². The monoisotopic (exact) mass is 510 g/mol. The number of methoxy groups -OCH3 is 1. The van der Waals surface area contributed by atoms with Crippen molar-refractivity contribution in [3.63, 3.8) is 0 Å². The average molecular weight is 511 g/mol. The maximum atomic E-state index is 12.3. The lowest BCUT2D eigenvalue weighted by Gasteiger charge is -2.11. The zero-order valence-corrected chi connectivity index (χ0v) is 21.9. The summed E-state index contributed by atoms with van der Waals surface area (Å²) in [6, 6.07) is 8.34. The molecule has 0 aliphatic heterocycles. The number of phenols is 1. The van der Waals surface area contributed by atoms with Gasteiger partial charge >= 0.3 is 0 Å². The predicted octanol–water partition coefficient (Wildman–Crippen LogP) is 5.28. The number of ether oxygens (including phenoxy) is 1. The van der Waals surface area contributed by atoms with E-state index in [0.717, 1.165) is 41.9 Å². The fourth-order valence-electron chi connectivity index (χ4n) is 3.23. The van der Waals surface area contributed by atoms with Crippen LogP contribution in [-0.4, -0.2) is 34.2 Å². The van der Waals surface area contributed by atoms with Crippen LogP contribution < -0.4 is 15.4 Å². The molecule has 0 saturated heterocycles. The Morgan fingerprint density at radius 3 is 2.58 bits per heavy atom. The summed E-state index contributed by atoms with van der Waals surface area (Å²) in [5.74, 6) is 0.635. The van der Waals surface area contributed by atoms with Gasteiger partial charge in [0.05, 0.1) is 24.3 Å². The summed E-state index contributed by atoms with van der Waals surface area (Å²) >= 11 is 1.34. The van der Waals surface area contributed by atoms with Crippen LogP contribution in [0.3, 0.4) is 0 Å². The molecule has 192 valence electrons. The minimum Gasteiger partial charge on any atom is -0.508 e. The van der Waals surface area contributed by atoms with E-state index in [9.17, 15) is 14.7 Å². The molecule has 0 aliphatic carbocycles. The first-order chi connectivity index (χ1) is 17.2. The van der Waals surface area contributed by atoms with E-state index in [-0.39, 0.29) is 24.0 Å². The number of phenolic OH excluding ortho intramolecular Hbond substituents is 1. The molecule has 0 bridgehead atoms. The second-order valence-electron chi connectivity index (χ2n) is 8.31. The normalized spacial score (nSPS) is 11.0. The van der Waals surface area contributed by atoms with Gasteiger partial charge < -0.3 is 20.5 Å². The van der Waals surface area contributed by atoms with Crippen LogP contribution in [0.1, 0.15) is 50.8 Å². The van der Waals surface area contributed by atoms with Gasteiger partial charge in [0.1, 0.15) is 11.5 Å². The number of carbonyl (C=O) groups excluding carboxylic acids is 2. The first kappa shape index (κ1) is 28.6. The van der Waals surface area contributed by atoms with Gasteiger partial charge in [-0.1, -0.05) is 36.6 Å². The lowest BCUT2D eigenvalue weighted by Crippen LogP contribution is -2.22. The highest BCUT2D eigenvalue weighted by atomic mass is 32.2. The van der Waals surface area contributed by atoms with Gasteiger partial charge in [0, 0.05) is 12.5 Å². The molecule has 1 aromatic heterocycles. The van der Waals surface area contributed by atoms with Crippen LogP contribution in [0.5, 0.6) is 11.5 Å². The molecule has 0 fully saturated rings. The van der Waals surface area contributed by atoms with Gasteiger partial charge in [0.2, 0.25) is 11.8 Å². The van der Waals surface area contributed by atoms with Gasteiger partial charge in [0.15, 0.2) is 5.82 Å². The number of allylic oxidation sites excluding steroid dienone is 2. The summed E-state index contributed by atoms with van der Waals surface area (Å²) < 4.78 is 5.11. The first-order valence-electron chi connectivity index (χ1n) is 11.6. The van der Waals surface area contributed by atoms with Crippen molar-refractivity contribution in [1.82, 2.24) is 15.5 Å². The Morgan fingerprint density at radius 1 is 1.14 bits per heavy atom. The third-order valence-electron chi connectivity index (χ3n) is 5.16. The molecule has 9 heteroatoms. The number of carbonyl (C=O) groups is 2. The topological polar surface area (TPSA) is 113 Å². The highest BCUT2D eigenvalue weighted by molar-refractivity contribution is 8.06. The Kier molecular flexibility index (Phi) is 11.7. The number of benzene rings is 1. The van der Waals surface area contributed by atoms with E-state index in [1.165, 1.54) is 31.0 Å².